The molecule has 3 heterocycles. The lowest BCUT2D eigenvalue weighted by Gasteiger charge is -2.10. The molecule has 4 rings (SSSR count). The molecule has 0 saturated heterocycles. The van der Waals surface area contributed by atoms with Crippen molar-refractivity contribution >= 4 is 26.6 Å². The van der Waals surface area contributed by atoms with E-state index in [4.69, 9.17) is 4.52 Å². The molecule has 0 spiro atoms. The van der Waals surface area contributed by atoms with Crippen LogP contribution in [0.3, 0.4) is 0 Å². The van der Waals surface area contributed by atoms with Crippen molar-refractivity contribution in [3.05, 3.63) is 54.6 Å². The summed E-state index contributed by atoms with van der Waals surface area (Å²) >= 11 is 0. The van der Waals surface area contributed by atoms with E-state index in [1.165, 1.54) is 12.3 Å². The first-order chi connectivity index (χ1) is 12.4. The Morgan fingerprint density at radius 1 is 1.12 bits per heavy atom. The second kappa shape index (κ2) is 5.95. The van der Waals surface area contributed by atoms with Crippen LogP contribution in [0, 0.1) is 6.92 Å². The maximum absolute atomic E-state index is 12.7. The number of aromatic nitrogens is 4. The molecule has 0 aliphatic rings. The predicted molar refractivity (Wildman–Crippen MR) is 96.0 cm³/mol. The number of pyridine rings is 1. The summed E-state index contributed by atoms with van der Waals surface area (Å²) < 4.78 is 34.7. The van der Waals surface area contributed by atoms with E-state index in [2.05, 4.69) is 20.0 Å². The highest BCUT2D eigenvalue weighted by Gasteiger charge is 2.18. The van der Waals surface area contributed by atoms with Gasteiger partial charge in [0, 0.05) is 24.7 Å². The van der Waals surface area contributed by atoms with Crippen LogP contribution in [-0.4, -0.2) is 28.3 Å². The average Bonchev–Trinajstić information content (AvgIpc) is 3.22. The van der Waals surface area contributed by atoms with E-state index in [1.54, 1.807) is 49.1 Å². The molecule has 1 N–H and O–H groups in total. The molecule has 9 heteroatoms. The largest absolute Gasteiger partial charge is 0.361 e. The van der Waals surface area contributed by atoms with E-state index in [-0.39, 0.29) is 4.90 Å². The summed E-state index contributed by atoms with van der Waals surface area (Å²) in [6.45, 7) is 1.78. The van der Waals surface area contributed by atoms with Crippen molar-refractivity contribution in [3.8, 4) is 11.4 Å². The first-order valence-electron chi connectivity index (χ1n) is 7.77. The number of anilines is 1. The van der Waals surface area contributed by atoms with Crippen LogP contribution in [0.4, 0.5) is 5.69 Å². The lowest BCUT2D eigenvalue weighted by molar-refractivity contribution is 0.399. The monoisotopic (exact) mass is 369 g/mol. The van der Waals surface area contributed by atoms with Crippen molar-refractivity contribution in [1.82, 2.24) is 19.9 Å². The van der Waals surface area contributed by atoms with E-state index in [0.717, 1.165) is 5.39 Å². The maximum Gasteiger partial charge on any atom is 0.263 e. The summed E-state index contributed by atoms with van der Waals surface area (Å²) in [6.07, 6.45) is 2.98. The molecule has 3 aromatic heterocycles. The summed E-state index contributed by atoms with van der Waals surface area (Å²) in [6, 6.07) is 10.2. The van der Waals surface area contributed by atoms with Gasteiger partial charge >= 0.3 is 0 Å². The fraction of sp³-hybridized carbons (Fsp3) is 0.118. The minimum absolute atomic E-state index is 0.0561. The van der Waals surface area contributed by atoms with Crippen molar-refractivity contribution in [2.45, 2.75) is 11.8 Å². The second-order valence-corrected chi connectivity index (χ2v) is 7.50. The smallest absolute Gasteiger partial charge is 0.263 e. The van der Waals surface area contributed by atoms with Gasteiger partial charge in [-0.15, -0.1) is 0 Å². The van der Waals surface area contributed by atoms with Gasteiger partial charge in [0.05, 0.1) is 23.1 Å². The van der Waals surface area contributed by atoms with Crippen LogP contribution in [0.5, 0.6) is 0 Å². The molecule has 0 aliphatic heterocycles. The molecule has 0 saturated carbocycles. The number of para-hydroxylation sites is 1. The number of hydrogen-bond donors (Lipinski definition) is 1. The van der Waals surface area contributed by atoms with Crippen LogP contribution >= 0.6 is 0 Å². The molecule has 132 valence electrons. The van der Waals surface area contributed by atoms with Crippen LogP contribution < -0.4 is 4.72 Å². The lowest BCUT2D eigenvalue weighted by Crippen LogP contribution is -2.14. The second-order valence-electron chi connectivity index (χ2n) is 5.82. The molecule has 26 heavy (non-hydrogen) atoms. The van der Waals surface area contributed by atoms with Crippen LogP contribution in [0.2, 0.25) is 0 Å². The highest BCUT2D eigenvalue weighted by atomic mass is 32.2. The molecule has 0 atom stereocenters. The number of nitrogens with one attached hydrogen (secondary N) is 1. The lowest BCUT2D eigenvalue weighted by atomic mass is 10.2. The van der Waals surface area contributed by atoms with Crippen molar-refractivity contribution < 1.29 is 12.9 Å². The SMILES string of the molecule is Cc1cc(-c2ccc(S(=O)(=O)Nc3cccc4cnn(C)c34)cn2)no1. The summed E-state index contributed by atoms with van der Waals surface area (Å²) in [5.41, 5.74) is 2.26. The number of hydrogen-bond acceptors (Lipinski definition) is 6. The average molecular weight is 369 g/mol. The Balaban J connectivity index is 1.67. The topological polar surface area (TPSA) is 103 Å². The van der Waals surface area contributed by atoms with E-state index in [9.17, 15) is 8.42 Å². The molecule has 4 aromatic rings. The highest BCUT2D eigenvalue weighted by molar-refractivity contribution is 7.92. The molecule has 8 nitrogen and oxygen atoms in total. The Bertz CT molecular complexity index is 1190. The van der Waals surface area contributed by atoms with Crippen LogP contribution in [0.25, 0.3) is 22.3 Å². The van der Waals surface area contributed by atoms with Gasteiger partial charge in [-0.25, -0.2) is 8.42 Å². The number of rotatable bonds is 4. The van der Waals surface area contributed by atoms with Crippen molar-refractivity contribution in [2.24, 2.45) is 7.05 Å². The van der Waals surface area contributed by atoms with E-state index in [1.807, 2.05) is 6.07 Å². The highest BCUT2D eigenvalue weighted by Crippen LogP contribution is 2.25. The van der Waals surface area contributed by atoms with Gasteiger partial charge in [0.2, 0.25) is 0 Å². The zero-order valence-corrected chi connectivity index (χ0v) is 14.9. The molecule has 1 aromatic carbocycles. The third-order valence-corrected chi connectivity index (χ3v) is 5.29. The number of fused-ring (bicyclic) bond motifs is 1. The maximum atomic E-state index is 12.7. The van der Waals surface area contributed by atoms with Gasteiger partial charge in [-0.1, -0.05) is 17.3 Å². The van der Waals surface area contributed by atoms with Crippen LogP contribution in [0.15, 0.2) is 58.2 Å². The van der Waals surface area contributed by atoms with Gasteiger partial charge in [0.15, 0.2) is 0 Å². The molecular weight excluding hydrogens is 354 g/mol. The molecule has 0 bridgehead atoms. The molecule has 0 aliphatic carbocycles. The van der Waals surface area contributed by atoms with Gasteiger partial charge in [-0.2, -0.15) is 5.10 Å². The summed E-state index contributed by atoms with van der Waals surface area (Å²) in [4.78, 5) is 4.24. The van der Waals surface area contributed by atoms with Gasteiger partial charge in [-0.05, 0) is 25.1 Å². The number of nitrogens with zero attached hydrogens (tertiary/aromatic N) is 4. The molecular formula is C17H15N5O3S. The Morgan fingerprint density at radius 2 is 1.96 bits per heavy atom. The quantitative estimate of drug-likeness (QED) is 0.593. The van der Waals surface area contributed by atoms with Crippen LogP contribution in [-0.2, 0) is 17.1 Å². The van der Waals surface area contributed by atoms with E-state index < -0.39 is 10.0 Å². The van der Waals surface area contributed by atoms with Gasteiger partial charge in [0.25, 0.3) is 10.0 Å². The zero-order chi connectivity index (χ0) is 18.3. The summed E-state index contributed by atoms with van der Waals surface area (Å²) in [5, 5.41) is 8.88. The van der Waals surface area contributed by atoms with Gasteiger partial charge in [0.1, 0.15) is 16.3 Å². The van der Waals surface area contributed by atoms with E-state index >= 15 is 0 Å². The fourth-order valence-electron chi connectivity index (χ4n) is 2.70. The van der Waals surface area contributed by atoms with Crippen molar-refractivity contribution in [2.75, 3.05) is 4.72 Å². The Hall–Kier alpha value is -3.20. The molecule has 0 unspecified atom stereocenters. The minimum atomic E-state index is -3.79. The Labute approximate surface area is 149 Å². The summed E-state index contributed by atoms with van der Waals surface area (Å²) in [5.74, 6) is 0.657. The number of sulfonamides is 1. The Kier molecular flexibility index (Phi) is 3.73. The fourth-order valence-corrected chi connectivity index (χ4v) is 3.71. The third kappa shape index (κ3) is 2.82. The van der Waals surface area contributed by atoms with Gasteiger partial charge in [-0.3, -0.25) is 14.4 Å². The van der Waals surface area contributed by atoms with Crippen molar-refractivity contribution in [3.63, 3.8) is 0 Å². The standard InChI is InChI=1S/C17H15N5O3S/c1-11-8-16(20-25-11)14-7-6-13(10-18-14)26(23,24)21-15-5-3-4-12-9-19-22(2)17(12)15/h3-10,21H,1-2H3. The Morgan fingerprint density at radius 3 is 2.65 bits per heavy atom. The van der Waals surface area contributed by atoms with Crippen LogP contribution in [0.1, 0.15) is 5.76 Å². The van der Waals surface area contributed by atoms with E-state index in [0.29, 0.717) is 28.4 Å². The van der Waals surface area contributed by atoms with Crippen molar-refractivity contribution in [1.29, 1.82) is 0 Å². The first kappa shape index (κ1) is 16.3. The minimum Gasteiger partial charge on any atom is -0.361 e. The first-order valence-corrected chi connectivity index (χ1v) is 9.26. The zero-order valence-electron chi connectivity index (χ0n) is 14.0. The normalized spacial score (nSPS) is 11.8. The third-order valence-electron chi connectivity index (χ3n) is 3.94. The molecule has 0 radical (unpaired) electrons. The molecule has 0 fully saturated rings. The summed E-state index contributed by atoms with van der Waals surface area (Å²) in [7, 11) is -2.03. The molecule has 0 amide bonds. The predicted octanol–water partition coefficient (Wildman–Crippen LogP) is 2.73. The number of benzene rings is 1. The number of aryl methyl sites for hydroxylation is 2. The van der Waals surface area contributed by atoms with Gasteiger partial charge < -0.3 is 4.52 Å².